The number of carbonyl (C=O) groups excluding carboxylic acids is 1. The van der Waals surface area contributed by atoms with E-state index in [-0.39, 0.29) is 5.91 Å². The number of rotatable bonds is 3. The average Bonchev–Trinajstić information content (AvgIpc) is 3.12. The largest absolute Gasteiger partial charge is 0.361 e. The van der Waals surface area contributed by atoms with Gasteiger partial charge in [-0.1, -0.05) is 18.2 Å². The van der Waals surface area contributed by atoms with Crippen LogP contribution in [0.4, 0.5) is 0 Å². The first-order valence-corrected chi connectivity index (χ1v) is 6.05. The van der Waals surface area contributed by atoms with Gasteiger partial charge < -0.3 is 9.88 Å². The molecule has 17 heavy (non-hydrogen) atoms. The van der Waals surface area contributed by atoms with Crippen molar-refractivity contribution in [3.63, 3.8) is 0 Å². The fraction of sp³-hybridized carbons (Fsp3) is 0.357. The molecule has 0 saturated heterocycles. The number of benzene rings is 1. The fourth-order valence-corrected chi connectivity index (χ4v) is 2.24. The van der Waals surface area contributed by atoms with Gasteiger partial charge in [0.1, 0.15) is 0 Å². The smallest absolute Gasteiger partial charge is 0.225 e. The number of carbonyl (C=O) groups is 1. The summed E-state index contributed by atoms with van der Waals surface area (Å²) >= 11 is 0. The van der Waals surface area contributed by atoms with Gasteiger partial charge in [0.15, 0.2) is 0 Å². The molecular formula is C14H16N2O. The minimum atomic E-state index is 0.287. The molecular weight excluding hydrogens is 212 g/mol. The average molecular weight is 228 g/mol. The van der Waals surface area contributed by atoms with E-state index in [1.54, 1.807) is 0 Å². The van der Waals surface area contributed by atoms with E-state index in [0.29, 0.717) is 12.5 Å². The number of fused-ring (bicyclic) bond motifs is 1. The van der Waals surface area contributed by atoms with Crippen molar-refractivity contribution in [2.24, 2.45) is 5.92 Å². The van der Waals surface area contributed by atoms with Crippen molar-refractivity contribution in [2.75, 3.05) is 7.05 Å². The molecule has 1 aromatic carbocycles. The molecule has 3 nitrogen and oxygen atoms in total. The number of aromatic amines is 1. The molecule has 1 amide bonds. The van der Waals surface area contributed by atoms with Crippen molar-refractivity contribution in [2.45, 2.75) is 19.4 Å². The maximum atomic E-state index is 11.9. The van der Waals surface area contributed by atoms with Crippen LogP contribution in [0.3, 0.4) is 0 Å². The van der Waals surface area contributed by atoms with Gasteiger partial charge in [0.2, 0.25) is 5.91 Å². The van der Waals surface area contributed by atoms with Crippen LogP contribution in [0.5, 0.6) is 0 Å². The lowest BCUT2D eigenvalue weighted by atomic mass is 10.1. The Labute approximate surface area is 100 Å². The number of hydrogen-bond acceptors (Lipinski definition) is 1. The minimum absolute atomic E-state index is 0.287. The molecule has 0 unspecified atom stereocenters. The number of H-pyrrole nitrogens is 1. The molecule has 3 rings (SSSR count). The van der Waals surface area contributed by atoms with Crippen LogP contribution in [0.25, 0.3) is 10.9 Å². The summed E-state index contributed by atoms with van der Waals surface area (Å²) in [6, 6.07) is 8.20. The van der Waals surface area contributed by atoms with Gasteiger partial charge in [0.05, 0.1) is 0 Å². The van der Waals surface area contributed by atoms with E-state index in [2.05, 4.69) is 17.1 Å². The van der Waals surface area contributed by atoms with Gasteiger partial charge in [0.25, 0.3) is 0 Å². The van der Waals surface area contributed by atoms with Crippen molar-refractivity contribution in [3.05, 3.63) is 36.0 Å². The van der Waals surface area contributed by atoms with Crippen LogP contribution < -0.4 is 0 Å². The summed E-state index contributed by atoms with van der Waals surface area (Å²) in [6.07, 6.45) is 4.13. The van der Waals surface area contributed by atoms with E-state index in [0.717, 1.165) is 18.4 Å². The Bertz CT molecular complexity index is 554. The summed E-state index contributed by atoms with van der Waals surface area (Å²) in [5.41, 5.74) is 2.33. The van der Waals surface area contributed by atoms with Gasteiger partial charge in [0, 0.05) is 36.6 Å². The highest BCUT2D eigenvalue weighted by molar-refractivity contribution is 5.84. The van der Waals surface area contributed by atoms with E-state index in [1.165, 1.54) is 10.9 Å². The normalized spacial score (nSPS) is 15.1. The summed E-state index contributed by atoms with van der Waals surface area (Å²) in [5, 5.41) is 1.21. The fourth-order valence-electron chi connectivity index (χ4n) is 2.24. The zero-order valence-electron chi connectivity index (χ0n) is 9.94. The van der Waals surface area contributed by atoms with Crippen LogP contribution in [-0.4, -0.2) is 22.8 Å². The molecule has 2 aromatic rings. The highest BCUT2D eigenvalue weighted by atomic mass is 16.2. The number of aromatic nitrogens is 1. The molecule has 1 N–H and O–H groups in total. The van der Waals surface area contributed by atoms with Crippen molar-refractivity contribution in [1.29, 1.82) is 0 Å². The summed E-state index contributed by atoms with van der Waals surface area (Å²) in [7, 11) is 1.89. The summed E-state index contributed by atoms with van der Waals surface area (Å²) in [5.74, 6) is 0.584. The molecule has 1 heterocycles. The second-order valence-electron chi connectivity index (χ2n) is 4.83. The second-order valence-corrected chi connectivity index (χ2v) is 4.83. The quantitative estimate of drug-likeness (QED) is 0.861. The maximum Gasteiger partial charge on any atom is 0.225 e. The van der Waals surface area contributed by atoms with Crippen LogP contribution in [0.15, 0.2) is 30.5 Å². The molecule has 1 aliphatic rings. The van der Waals surface area contributed by atoms with Crippen molar-refractivity contribution < 1.29 is 4.79 Å². The Kier molecular flexibility index (Phi) is 2.39. The summed E-state index contributed by atoms with van der Waals surface area (Å²) in [6.45, 7) is 0.694. The molecule has 0 radical (unpaired) electrons. The molecule has 0 bridgehead atoms. The molecule has 1 aromatic heterocycles. The third-order valence-electron chi connectivity index (χ3n) is 3.39. The van der Waals surface area contributed by atoms with Gasteiger partial charge in [-0.3, -0.25) is 4.79 Å². The topological polar surface area (TPSA) is 36.1 Å². The van der Waals surface area contributed by atoms with Gasteiger partial charge in [-0.25, -0.2) is 0 Å². The molecule has 0 spiro atoms. The van der Waals surface area contributed by atoms with E-state index >= 15 is 0 Å². The predicted octanol–water partition coefficient (Wildman–Crippen LogP) is 2.54. The Balaban J connectivity index is 1.82. The number of nitrogens with zero attached hydrogens (tertiary/aromatic N) is 1. The lowest BCUT2D eigenvalue weighted by molar-refractivity contribution is -0.131. The molecule has 0 aliphatic heterocycles. The lowest BCUT2D eigenvalue weighted by Crippen LogP contribution is -2.27. The van der Waals surface area contributed by atoms with Crippen LogP contribution in [0.2, 0.25) is 0 Å². The monoisotopic (exact) mass is 228 g/mol. The van der Waals surface area contributed by atoms with Crippen LogP contribution in [0, 0.1) is 5.92 Å². The Morgan fingerprint density at radius 3 is 2.94 bits per heavy atom. The van der Waals surface area contributed by atoms with E-state index in [9.17, 15) is 4.79 Å². The molecule has 88 valence electrons. The van der Waals surface area contributed by atoms with Crippen LogP contribution in [-0.2, 0) is 11.3 Å². The maximum absolute atomic E-state index is 11.9. The van der Waals surface area contributed by atoms with Crippen molar-refractivity contribution >= 4 is 16.8 Å². The Morgan fingerprint density at radius 1 is 1.41 bits per heavy atom. The lowest BCUT2D eigenvalue weighted by Gasteiger charge is -2.16. The highest BCUT2D eigenvalue weighted by Crippen LogP contribution is 2.31. The molecule has 1 aliphatic carbocycles. The zero-order chi connectivity index (χ0) is 11.8. The second kappa shape index (κ2) is 3.91. The first kappa shape index (κ1) is 10.4. The third kappa shape index (κ3) is 1.93. The van der Waals surface area contributed by atoms with Crippen molar-refractivity contribution in [3.8, 4) is 0 Å². The van der Waals surface area contributed by atoms with Gasteiger partial charge in [-0.15, -0.1) is 0 Å². The molecule has 1 saturated carbocycles. The first-order chi connectivity index (χ1) is 8.25. The number of hydrogen-bond donors (Lipinski definition) is 1. The van der Waals surface area contributed by atoms with Crippen LogP contribution in [0.1, 0.15) is 18.4 Å². The summed E-state index contributed by atoms with van der Waals surface area (Å²) < 4.78 is 0. The zero-order valence-corrected chi connectivity index (χ0v) is 9.94. The minimum Gasteiger partial charge on any atom is -0.361 e. The standard InChI is InChI=1S/C14H16N2O/c1-16(14(17)10-6-7-10)9-11-8-15-13-5-3-2-4-12(11)13/h2-5,8,10,15H,6-7,9H2,1H3. The van der Waals surface area contributed by atoms with Gasteiger partial charge in [-0.05, 0) is 24.5 Å². The van der Waals surface area contributed by atoms with E-state index in [1.807, 2.05) is 30.3 Å². The first-order valence-electron chi connectivity index (χ1n) is 6.05. The number of nitrogens with one attached hydrogen (secondary N) is 1. The molecule has 1 fully saturated rings. The van der Waals surface area contributed by atoms with Gasteiger partial charge in [-0.2, -0.15) is 0 Å². The molecule has 0 atom stereocenters. The summed E-state index contributed by atoms with van der Waals surface area (Å²) in [4.78, 5) is 17.0. The van der Waals surface area contributed by atoms with Crippen LogP contribution >= 0.6 is 0 Å². The van der Waals surface area contributed by atoms with E-state index < -0.39 is 0 Å². The third-order valence-corrected chi connectivity index (χ3v) is 3.39. The molecule has 3 heteroatoms. The number of para-hydroxylation sites is 1. The highest BCUT2D eigenvalue weighted by Gasteiger charge is 2.32. The van der Waals surface area contributed by atoms with Gasteiger partial charge >= 0.3 is 0 Å². The van der Waals surface area contributed by atoms with Crippen molar-refractivity contribution in [1.82, 2.24) is 9.88 Å². The Hall–Kier alpha value is -1.77. The predicted molar refractivity (Wildman–Crippen MR) is 67.5 cm³/mol. The Morgan fingerprint density at radius 2 is 2.18 bits per heavy atom. The SMILES string of the molecule is CN(Cc1c[nH]c2ccccc12)C(=O)C1CC1. The van der Waals surface area contributed by atoms with E-state index in [4.69, 9.17) is 0 Å². The number of amides is 1.